The summed E-state index contributed by atoms with van der Waals surface area (Å²) in [6.07, 6.45) is 3.19. The van der Waals surface area contributed by atoms with Gasteiger partial charge in [0.25, 0.3) is 5.91 Å². The number of hydrogen-bond donors (Lipinski definition) is 1. The van der Waals surface area contributed by atoms with Gasteiger partial charge in [-0.1, -0.05) is 0 Å². The average molecular weight is 293 g/mol. The Hall–Kier alpha value is -1.80. The van der Waals surface area contributed by atoms with Gasteiger partial charge in [-0.25, -0.2) is 0 Å². The molecule has 3 rings (SSSR count). The quantitative estimate of drug-likeness (QED) is 0.894. The van der Waals surface area contributed by atoms with E-state index >= 15 is 0 Å². The summed E-state index contributed by atoms with van der Waals surface area (Å²) < 4.78 is 1.50. The fourth-order valence-electron chi connectivity index (χ4n) is 2.38. The number of thiophene rings is 1. The number of aliphatic hydroxyl groups excluding tert-OH is 1. The molecule has 2 aromatic rings. The first kappa shape index (κ1) is 13.2. The molecule has 1 amide bonds. The van der Waals surface area contributed by atoms with Crippen molar-refractivity contribution in [1.29, 1.82) is 0 Å². The van der Waals surface area contributed by atoms with Crippen LogP contribution in [0, 0.1) is 5.92 Å². The van der Waals surface area contributed by atoms with E-state index in [0.717, 1.165) is 12.8 Å². The van der Waals surface area contributed by atoms with Crippen LogP contribution in [0.1, 0.15) is 22.5 Å². The zero-order valence-corrected chi connectivity index (χ0v) is 11.7. The predicted octanol–water partition coefficient (Wildman–Crippen LogP) is 0.568. The molecule has 1 aliphatic rings. The Kier molecular flexibility index (Phi) is 3.75. The van der Waals surface area contributed by atoms with Gasteiger partial charge in [-0.3, -0.25) is 4.79 Å². The zero-order valence-electron chi connectivity index (χ0n) is 10.8. The SMILES string of the molecule is O=C(c1sccc1-n1cnnn1)N1CCC(CO)CC1. The molecule has 0 bridgehead atoms. The van der Waals surface area contributed by atoms with Crippen LogP contribution in [0.15, 0.2) is 17.8 Å². The number of aliphatic hydroxyl groups is 1. The molecule has 2 aromatic heterocycles. The molecule has 0 aromatic carbocycles. The second-order valence-corrected chi connectivity index (χ2v) is 5.72. The van der Waals surface area contributed by atoms with Crippen molar-refractivity contribution >= 4 is 17.2 Å². The van der Waals surface area contributed by atoms with Gasteiger partial charge in [0.1, 0.15) is 11.2 Å². The van der Waals surface area contributed by atoms with E-state index in [-0.39, 0.29) is 12.5 Å². The number of carbonyl (C=O) groups is 1. The lowest BCUT2D eigenvalue weighted by atomic mass is 9.98. The molecular weight excluding hydrogens is 278 g/mol. The van der Waals surface area contributed by atoms with Crippen LogP contribution in [0.3, 0.4) is 0 Å². The Morgan fingerprint density at radius 3 is 2.90 bits per heavy atom. The summed E-state index contributed by atoms with van der Waals surface area (Å²) in [5, 5.41) is 22.0. The van der Waals surface area contributed by atoms with E-state index in [2.05, 4.69) is 15.5 Å². The van der Waals surface area contributed by atoms with Gasteiger partial charge < -0.3 is 10.0 Å². The first-order valence-electron chi connectivity index (χ1n) is 6.50. The number of carbonyl (C=O) groups excluding carboxylic acids is 1. The van der Waals surface area contributed by atoms with Crippen molar-refractivity contribution in [2.45, 2.75) is 12.8 Å². The topological polar surface area (TPSA) is 84.1 Å². The molecule has 1 saturated heterocycles. The van der Waals surface area contributed by atoms with E-state index in [1.807, 2.05) is 16.3 Å². The van der Waals surface area contributed by atoms with E-state index in [9.17, 15) is 4.79 Å². The number of amides is 1. The molecule has 7 nitrogen and oxygen atoms in total. The molecule has 1 N–H and O–H groups in total. The lowest BCUT2D eigenvalue weighted by Gasteiger charge is -2.31. The Bertz CT molecular complexity index is 574. The van der Waals surface area contributed by atoms with Gasteiger partial charge in [0.2, 0.25) is 0 Å². The second kappa shape index (κ2) is 5.68. The number of rotatable bonds is 3. The van der Waals surface area contributed by atoms with Crippen molar-refractivity contribution in [2.24, 2.45) is 5.92 Å². The van der Waals surface area contributed by atoms with Gasteiger partial charge in [0, 0.05) is 19.7 Å². The molecule has 20 heavy (non-hydrogen) atoms. The van der Waals surface area contributed by atoms with Crippen molar-refractivity contribution < 1.29 is 9.90 Å². The average Bonchev–Trinajstić information content (AvgIpc) is 3.16. The van der Waals surface area contributed by atoms with E-state index < -0.39 is 0 Å². The summed E-state index contributed by atoms with van der Waals surface area (Å²) in [5.41, 5.74) is 0.717. The van der Waals surface area contributed by atoms with Gasteiger partial charge in [0.05, 0.1) is 5.69 Å². The minimum atomic E-state index is 0.0156. The molecule has 0 atom stereocenters. The van der Waals surface area contributed by atoms with E-state index in [1.54, 1.807) is 0 Å². The van der Waals surface area contributed by atoms with Crippen molar-refractivity contribution in [3.05, 3.63) is 22.7 Å². The number of tetrazole rings is 1. The Labute approximate surface area is 119 Å². The number of nitrogens with zero attached hydrogens (tertiary/aromatic N) is 5. The fraction of sp³-hybridized carbons (Fsp3) is 0.500. The van der Waals surface area contributed by atoms with Gasteiger partial charge >= 0.3 is 0 Å². The number of aromatic nitrogens is 4. The highest BCUT2D eigenvalue weighted by molar-refractivity contribution is 7.12. The van der Waals surface area contributed by atoms with Crippen LogP contribution in [0.2, 0.25) is 0 Å². The zero-order chi connectivity index (χ0) is 13.9. The van der Waals surface area contributed by atoms with Gasteiger partial charge in [-0.15, -0.1) is 16.4 Å². The summed E-state index contributed by atoms with van der Waals surface area (Å²) in [7, 11) is 0. The molecular formula is C12H15N5O2S. The summed E-state index contributed by atoms with van der Waals surface area (Å²) in [6.45, 7) is 1.59. The molecule has 1 fully saturated rings. The van der Waals surface area contributed by atoms with Crippen LogP contribution in [-0.2, 0) is 0 Å². The Balaban J connectivity index is 1.77. The first-order valence-corrected chi connectivity index (χ1v) is 7.38. The lowest BCUT2D eigenvalue weighted by Crippen LogP contribution is -2.39. The maximum atomic E-state index is 12.6. The van der Waals surface area contributed by atoms with Gasteiger partial charge in [-0.2, -0.15) is 4.68 Å². The lowest BCUT2D eigenvalue weighted by molar-refractivity contribution is 0.0655. The van der Waals surface area contributed by atoms with Crippen LogP contribution in [0.25, 0.3) is 5.69 Å². The molecule has 0 spiro atoms. The van der Waals surface area contributed by atoms with Crippen LogP contribution in [-0.4, -0.2) is 55.8 Å². The molecule has 0 radical (unpaired) electrons. The highest BCUT2D eigenvalue weighted by Crippen LogP contribution is 2.24. The van der Waals surface area contributed by atoms with Crippen molar-refractivity contribution in [1.82, 2.24) is 25.1 Å². The molecule has 0 aliphatic carbocycles. The number of piperidine rings is 1. The maximum Gasteiger partial charge on any atom is 0.266 e. The Morgan fingerprint density at radius 1 is 1.45 bits per heavy atom. The molecule has 106 valence electrons. The summed E-state index contributed by atoms with van der Waals surface area (Å²) in [4.78, 5) is 15.1. The monoisotopic (exact) mass is 293 g/mol. The van der Waals surface area contributed by atoms with Gasteiger partial charge in [-0.05, 0) is 40.6 Å². The van der Waals surface area contributed by atoms with E-state index in [1.165, 1.54) is 22.3 Å². The van der Waals surface area contributed by atoms with Crippen LogP contribution in [0.5, 0.6) is 0 Å². The molecule has 1 aliphatic heterocycles. The summed E-state index contributed by atoms with van der Waals surface area (Å²) in [5.74, 6) is 0.336. The first-order chi connectivity index (χ1) is 9.79. The van der Waals surface area contributed by atoms with Gasteiger partial charge in [0.15, 0.2) is 0 Å². The third-order valence-electron chi connectivity index (χ3n) is 3.59. The van der Waals surface area contributed by atoms with Crippen LogP contribution in [0.4, 0.5) is 0 Å². The van der Waals surface area contributed by atoms with Crippen molar-refractivity contribution in [3.63, 3.8) is 0 Å². The standard InChI is InChI=1S/C12H15N5O2S/c18-7-9-1-4-16(5-2-9)12(19)11-10(3-6-20-11)17-8-13-14-15-17/h3,6,8-9,18H,1-2,4-5,7H2. The summed E-state index contributed by atoms with van der Waals surface area (Å²) >= 11 is 1.40. The largest absolute Gasteiger partial charge is 0.396 e. The minimum Gasteiger partial charge on any atom is -0.396 e. The normalized spacial score (nSPS) is 16.6. The predicted molar refractivity (Wildman–Crippen MR) is 72.7 cm³/mol. The minimum absolute atomic E-state index is 0.0156. The van der Waals surface area contributed by atoms with Crippen LogP contribution >= 0.6 is 11.3 Å². The number of likely N-dealkylation sites (tertiary alicyclic amines) is 1. The Morgan fingerprint density at radius 2 is 2.25 bits per heavy atom. The highest BCUT2D eigenvalue weighted by atomic mass is 32.1. The molecule has 8 heteroatoms. The third kappa shape index (κ3) is 2.44. The second-order valence-electron chi connectivity index (χ2n) is 4.81. The molecule has 0 unspecified atom stereocenters. The van der Waals surface area contributed by atoms with Crippen molar-refractivity contribution in [3.8, 4) is 5.69 Å². The molecule has 3 heterocycles. The van der Waals surface area contributed by atoms with E-state index in [4.69, 9.17) is 5.11 Å². The fourth-order valence-corrected chi connectivity index (χ4v) is 3.22. The van der Waals surface area contributed by atoms with Crippen LogP contribution < -0.4 is 0 Å². The smallest absolute Gasteiger partial charge is 0.266 e. The third-order valence-corrected chi connectivity index (χ3v) is 4.49. The number of hydrogen-bond acceptors (Lipinski definition) is 6. The maximum absolute atomic E-state index is 12.6. The highest BCUT2D eigenvalue weighted by Gasteiger charge is 2.26. The van der Waals surface area contributed by atoms with Crippen molar-refractivity contribution in [2.75, 3.05) is 19.7 Å². The van der Waals surface area contributed by atoms with E-state index in [0.29, 0.717) is 29.6 Å². The summed E-state index contributed by atoms with van der Waals surface area (Å²) in [6, 6.07) is 1.84. The molecule has 0 saturated carbocycles.